The number of hydrogen-bond donors (Lipinski definition) is 2. The monoisotopic (exact) mass is 490 g/mol. The quantitative estimate of drug-likeness (QED) is 0.340. The zero-order chi connectivity index (χ0) is 25.1. The van der Waals surface area contributed by atoms with Gasteiger partial charge in [-0.3, -0.25) is 4.79 Å². The van der Waals surface area contributed by atoms with Crippen molar-refractivity contribution in [3.63, 3.8) is 0 Å². The highest BCUT2D eigenvalue weighted by Gasteiger charge is 2.60. The van der Waals surface area contributed by atoms with Crippen molar-refractivity contribution in [3.05, 3.63) is 12.7 Å². The smallest absolute Gasteiger partial charge is 0.303 e. The Morgan fingerprint density at radius 1 is 1.00 bits per heavy atom. The van der Waals surface area contributed by atoms with Crippen LogP contribution in [-0.4, -0.2) is 53.0 Å². The second-order valence-corrected chi connectivity index (χ2v) is 12.9. The Kier molecular flexibility index (Phi) is 6.91. The summed E-state index contributed by atoms with van der Waals surface area (Å²) in [6, 6.07) is 0. The first-order chi connectivity index (χ1) is 16.6. The standard InChI is InChI=1S/C29H46O6/c1-6-18-8-10-22-21-9-7-19-15-20(11-13-29(19,5)23(21)12-14-28(18,22)4)35-27-26(34-17(3)30)25(32)24(31)16(2)33-27/h6,16,18-27,31-32H,1,7-15H2,2-5H3/t16-,18-,19-,20-,21-,22-,23-,24+,25+,26-,27-,28+,29-/m0/s1. The van der Waals surface area contributed by atoms with Gasteiger partial charge in [0, 0.05) is 6.92 Å². The Balaban J connectivity index is 1.27. The lowest BCUT2D eigenvalue weighted by Gasteiger charge is -2.61. The van der Waals surface area contributed by atoms with Gasteiger partial charge in [-0.15, -0.1) is 6.58 Å². The molecule has 6 nitrogen and oxygen atoms in total. The van der Waals surface area contributed by atoms with Crippen molar-refractivity contribution in [2.45, 2.75) is 122 Å². The molecule has 5 aliphatic rings. The number of allylic oxidation sites excluding steroid dienone is 1. The van der Waals surface area contributed by atoms with E-state index in [4.69, 9.17) is 14.2 Å². The van der Waals surface area contributed by atoms with Crippen molar-refractivity contribution in [1.29, 1.82) is 0 Å². The fourth-order valence-electron chi connectivity index (χ4n) is 9.39. The summed E-state index contributed by atoms with van der Waals surface area (Å²) in [6.07, 6.45) is 8.44. The van der Waals surface area contributed by atoms with Crippen LogP contribution in [0.3, 0.4) is 0 Å². The van der Waals surface area contributed by atoms with Crippen LogP contribution in [0.2, 0.25) is 0 Å². The fourth-order valence-corrected chi connectivity index (χ4v) is 9.39. The largest absolute Gasteiger partial charge is 0.454 e. The first-order valence-corrected chi connectivity index (χ1v) is 14.0. The van der Waals surface area contributed by atoms with E-state index in [1.54, 1.807) is 6.92 Å². The summed E-state index contributed by atoms with van der Waals surface area (Å²) in [5.41, 5.74) is 0.792. The molecule has 4 aliphatic carbocycles. The number of esters is 1. The summed E-state index contributed by atoms with van der Waals surface area (Å²) in [7, 11) is 0. The van der Waals surface area contributed by atoms with Crippen LogP contribution in [0.15, 0.2) is 12.7 Å². The zero-order valence-corrected chi connectivity index (χ0v) is 22.0. The molecular weight excluding hydrogens is 444 g/mol. The Hall–Kier alpha value is -0.950. The number of aliphatic hydroxyl groups excluding tert-OH is 2. The molecule has 0 aromatic carbocycles. The second-order valence-electron chi connectivity index (χ2n) is 12.9. The van der Waals surface area contributed by atoms with Gasteiger partial charge in [0.25, 0.3) is 0 Å². The predicted molar refractivity (Wildman–Crippen MR) is 132 cm³/mol. The number of hydrogen-bond acceptors (Lipinski definition) is 6. The van der Waals surface area contributed by atoms with Crippen LogP contribution in [0.1, 0.15) is 85.5 Å². The van der Waals surface area contributed by atoms with Crippen LogP contribution in [0.4, 0.5) is 0 Å². The molecule has 13 atom stereocenters. The molecule has 35 heavy (non-hydrogen) atoms. The van der Waals surface area contributed by atoms with Crippen LogP contribution in [0.5, 0.6) is 0 Å². The van der Waals surface area contributed by atoms with Gasteiger partial charge in [0.15, 0.2) is 12.4 Å². The molecule has 1 heterocycles. The minimum Gasteiger partial charge on any atom is -0.454 e. The van der Waals surface area contributed by atoms with E-state index < -0.39 is 36.7 Å². The van der Waals surface area contributed by atoms with Crippen LogP contribution in [0, 0.1) is 40.4 Å². The van der Waals surface area contributed by atoms with E-state index in [0.29, 0.717) is 22.7 Å². The number of aliphatic hydroxyl groups is 2. The van der Waals surface area contributed by atoms with Crippen molar-refractivity contribution in [2.24, 2.45) is 40.4 Å². The summed E-state index contributed by atoms with van der Waals surface area (Å²) in [5.74, 6) is 3.25. The molecule has 6 heteroatoms. The van der Waals surface area contributed by atoms with Gasteiger partial charge in [0.1, 0.15) is 12.2 Å². The zero-order valence-electron chi connectivity index (χ0n) is 22.0. The van der Waals surface area contributed by atoms with E-state index in [-0.39, 0.29) is 6.10 Å². The maximum absolute atomic E-state index is 11.7. The molecule has 5 fully saturated rings. The summed E-state index contributed by atoms with van der Waals surface area (Å²) in [5, 5.41) is 20.8. The highest BCUT2D eigenvalue weighted by atomic mass is 16.7. The topological polar surface area (TPSA) is 85.2 Å². The van der Waals surface area contributed by atoms with E-state index in [1.165, 1.54) is 45.4 Å². The van der Waals surface area contributed by atoms with E-state index in [1.807, 2.05) is 0 Å². The fraction of sp³-hybridized carbons (Fsp3) is 0.897. The van der Waals surface area contributed by atoms with Gasteiger partial charge in [0.2, 0.25) is 0 Å². The van der Waals surface area contributed by atoms with Crippen LogP contribution >= 0.6 is 0 Å². The number of fused-ring (bicyclic) bond motifs is 5. The molecule has 198 valence electrons. The summed E-state index contributed by atoms with van der Waals surface area (Å²) in [4.78, 5) is 11.7. The number of ether oxygens (including phenoxy) is 3. The molecule has 0 amide bonds. The Labute approximate surface area is 210 Å². The van der Waals surface area contributed by atoms with E-state index in [9.17, 15) is 15.0 Å². The molecule has 1 aliphatic heterocycles. The Bertz CT molecular complexity index is 815. The van der Waals surface area contributed by atoms with E-state index in [2.05, 4.69) is 26.5 Å². The van der Waals surface area contributed by atoms with Crippen molar-refractivity contribution in [1.82, 2.24) is 0 Å². The van der Waals surface area contributed by atoms with E-state index in [0.717, 1.165) is 37.0 Å². The van der Waals surface area contributed by atoms with Gasteiger partial charge >= 0.3 is 5.97 Å². The Morgan fingerprint density at radius 3 is 2.43 bits per heavy atom. The minimum atomic E-state index is -1.22. The molecule has 0 radical (unpaired) electrons. The molecule has 0 aromatic rings. The first kappa shape index (κ1) is 25.7. The average molecular weight is 491 g/mol. The third-order valence-electron chi connectivity index (χ3n) is 11.4. The van der Waals surface area contributed by atoms with E-state index >= 15 is 0 Å². The lowest BCUT2D eigenvalue weighted by Crippen LogP contribution is -2.60. The molecule has 0 aromatic heterocycles. The summed E-state index contributed by atoms with van der Waals surface area (Å²) < 4.78 is 17.6. The highest BCUT2D eigenvalue weighted by Crippen LogP contribution is 2.67. The van der Waals surface area contributed by atoms with Gasteiger partial charge in [-0.05, 0) is 105 Å². The molecule has 5 rings (SSSR count). The molecule has 0 spiro atoms. The van der Waals surface area contributed by atoms with Gasteiger partial charge in [-0.1, -0.05) is 19.9 Å². The Morgan fingerprint density at radius 2 is 1.71 bits per heavy atom. The van der Waals surface area contributed by atoms with Crippen LogP contribution < -0.4 is 0 Å². The number of carbonyl (C=O) groups excluding carboxylic acids is 1. The number of carbonyl (C=O) groups is 1. The summed E-state index contributed by atoms with van der Waals surface area (Å²) >= 11 is 0. The van der Waals surface area contributed by atoms with Crippen molar-refractivity contribution in [3.8, 4) is 0 Å². The minimum absolute atomic E-state index is 0.00723. The molecule has 0 unspecified atom stereocenters. The van der Waals surface area contributed by atoms with Gasteiger partial charge in [-0.25, -0.2) is 0 Å². The predicted octanol–water partition coefficient (Wildman–Crippen LogP) is 4.61. The maximum atomic E-state index is 11.7. The normalized spacial score (nSPS) is 53.7. The number of rotatable bonds is 4. The average Bonchev–Trinajstić information content (AvgIpc) is 3.16. The molecular formula is C29H46O6. The first-order valence-electron chi connectivity index (χ1n) is 14.0. The van der Waals surface area contributed by atoms with Crippen molar-refractivity contribution < 1.29 is 29.2 Å². The molecule has 1 saturated heterocycles. The third-order valence-corrected chi connectivity index (χ3v) is 11.4. The lowest BCUT2D eigenvalue weighted by atomic mass is 9.44. The molecule has 0 bridgehead atoms. The van der Waals surface area contributed by atoms with Gasteiger partial charge in [0.05, 0.1) is 12.2 Å². The summed E-state index contributed by atoms with van der Waals surface area (Å²) in [6.45, 7) is 12.3. The second kappa shape index (κ2) is 9.41. The van der Waals surface area contributed by atoms with Crippen molar-refractivity contribution >= 4 is 5.97 Å². The van der Waals surface area contributed by atoms with Crippen LogP contribution in [-0.2, 0) is 19.0 Å². The van der Waals surface area contributed by atoms with Gasteiger partial charge in [-0.2, -0.15) is 0 Å². The SMILES string of the molecule is C=C[C@H]1CC[C@H]2[C@@H]3CC[C@H]4C[C@@H](O[C@@H]5O[C@@H](C)[C@@H](O)[C@@H](O)[C@@H]5OC(C)=O)CC[C@]4(C)[C@H]3CC[C@]12C. The maximum Gasteiger partial charge on any atom is 0.303 e. The van der Waals surface area contributed by atoms with Gasteiger partial charge < -0.3 is 24.4 Å². The van der Waals surface area contributed by atoms with Crippen LogP contribution in [0.25, 0.3) is 0 Å². The molecule has 2 N–H and O–H groups in total. The highest BCUT2D eigenvalue weighted by molar-refractivity contribution is 5.66. The van der Waals surface area contributed by atoms with Crippen molar-refractivity contribution in [2.75, 3.05) is 0 Å². The third kappa shape index (κ3) is 4.20. The molecule has 4 saturated carbocycles. The lowest BCUT2D eigenvalue weighted by molar-refractivity contribution is -0.312.